The predicted molar refractivity (Wildman–Crippen MR) is 108 cm³/mol. The van der Waals surface area contributed by atoms with Crippen molar-refractivity contribution in [3.63, 3.8) is 0 Å². The largest absolute Gasteiger partial charge is 0.490 e. The van der Waals surface area contributed by atoms with Crippen LogP contribution < -0.4 is 19.5 Å². The molecule has 0 amide bonds. The molecule has 0 radical (unpaired) electrons. The van der Waals surface area contributed by atoms with Crippen molar-refractivity contribution in [2.45, 2.75) is 58.6 Å². The van der Waals surface area contributed by atoms with Crippen LogP contribution in [0.2, 0.25) is 0 Å². The zero-order chi connectivity index (χ0) is 19.6. The summed E-state index contributed by atoms with van der Waals surface area (Å²) >= 11 is 0. The van der Waals surface area contributed by atoms with Gasteiger partial charge < -0.3 is 14.8 Å². The van der Waals surface area contributed by atoms with Crippen LogP contribution in [-0.4, -0.2) is 39.5 Å². The topological polar surface area (TPSA) is 76.7 Å². The summed E-state index contributed by atoms with van der Waals surface area (Å²) in [5.41, 5.74) is 0.991. The number of unbranched alkanes of at least 4 members (excludes halogenated alkanes) is 2. The minimum absolute atomic E-state index is 0.483. The highest BCUT2D eigenvalue weighted by Crippen LogP contribution is 2.30. The Morgan fingerprint density at radius 1 is 0.923 bits per heavy atom. The van der Waals surface area contributed by atoms with E-state index in [9.17, 15) is 8.42 Å². The molecule has 0 spiro atoms. The summed E-state index contributed by atoms with van der Waals surface area (Å²) in [7, 11) is -3.24. The molecule has 0 bridgehead atoms. The molecule has 0 aliphatic heterocycles. The monoisotopic (exact) mass is 386 g/mol. The van der Waals surface area contributed by atoms with Crippen LogP contribution in [0.1, 0.15) is 53.9 Å². The second kappa shape index (κ2) is 10.6. The van der Waals surface area contributed by atoms with E-state index in [0.717, 1.165) is 43.0 Å². The van der Waals surface area contributed by atoms with Crippen molar-refractivity contribution in [1.82, 2.24) is 4.72 Å². The molecule has 0 saturated heterocycles. The maximum absolute atomic E-state index is 11.9. The molecule has 150 valence electrons. The van der Waals surface area contributed by atoms with E-state index in [0.29, 0.717) is 19.8 Å². The summed E-state index contributed by atoms with van der Waals surface area (Å²) in [4.78, 5) is 0. The van der Waals surface area contributed by atoms with Gasteiger partial charge in [0, 0.05) is 24.8 Å². The van der Waals surface area contributed by atoms with Crippen LogP contribution >= 0.6 is 0 Å². The van der Waals surface area contributed by atoms with E-state index in [1.54, 1.807) is 20.8 Å². The Morgan fingerprint density at radius 2 is 1.54 bits per heavy atom. The average molecular weight is 387 g/mol. The maximum atomic E-state index is 11.9. The van der Waals surface area contributed by atoms with Gasteiger partial charge in [0.05, 0.1) is 18.0 Å². The van der Waals surface area contributed by atoms with Crippen LogP contribution in [0.4, 0.5) is 5.69 Å². The molecule has 26 heavy (non-hydrogen) atoms. The number of hydrogen-bond donors (Lipinski definition) is 2. The molecule has 0 unspecified atom stereocenters. The Bertz CT molecular complexity index is 639. The highest BCUT2D eigenvalue weighted by atomic mass is 32.2. The van der Waals surface area contributed by atoms with Crippen molar-refractivity contribution in [2.75, 3.05) is 31.6 Å². The third-order valence-corrected chi connectivity index (χ3v) is 6.02. The van der Waals surface area contributed by atoms with Gasteiger partial charge in [-0.05, 0) is 59.6 Å². The number of rotatable bonds is 12. The summed E-state index contributed by atoms with van der Waals surface area (Å²) < 4.78 is 37.0. The lowest BCUT2D eigenvalue weighted by molar-refractivity contribution is 0.288. The first-order chi connectivity index (χ1) is 12.2. The first-order valence-corrected chi connectivity index (χ1v) is 10.8. The van der Waals surface area contributed by atoms with E-state index in [1.165, 1.54) is 0 Å². The molecular weight excluding hydrogens is 352 g/mol. The highest BCUT2D eigenvalue weighted by Gasteiger charge is 2.27. The number of ether oxygens (including phenoxy) is 2. The number of anilines is 1. The zero-order valence-corrected chi connectivity index (χ0v) is 17.5. The van der Waals surface area contributed by atoms with Gasteiger partial charge in [-0.1, -0.05) is 6.42 Å². The lowest BCUT2D eigenvalue weighted by Gasteiger charge is -2.19. The molecule has 0 atom stereocenters. The third kappa shape index (κ3) is 7.41. The second-order valence-corrected chi connectivity index (χ2v) is 9.55. The number of sulfonamides is 1. The van der Waals surface area contributed by atoms with Crippen molar-refractivity contribution in [3.05, 3.63) is 18.2 Å². The van der Waals surface area contributed by atoms with E-state index in [4.69, 9.17) is 9.47 Å². The lowest BCUT2D eigenvalue weighted by Crippen LogP contribution is -2.39. The number of benzene rings is 1. The van der Waals surface area contributed by atoms with Crippen LogP contribution in [0.15, 0.2) is 18.2 Å². The van der Waals surface area contributed by atoms with E-state index < -0.39 is 14.8 Å². The minimum Gasteiger partial charge on any atom is -0.490 e. The van der Waals surface area contributed by atoms with Crippen LogP contribution in [0.5, 0.6) is 11.5 Å². The molecule has 1 rings (SSSR count). The summed E-state index contributed by atoms with van der Waals surface area (Å²) in [5.74, 6) is 1.50. The van der Waals surface area contributed by atoms with Gasteiger partial charge in [-0.2, -0.15) is 0 Å². The van der Waals surface area contributed by atoms with Crippen molar-refractivity contribution in [2.24, 2.45) is 0 Å². The SMILES string of the molecule is CCOc1ccc(NCCCCCNS(=O)(=O)C(C)(C)C)cc1OCC. The quantitative estimate of drug-likeness (QED) is 0.535. The number of hydrogen-bond acceptors (Lipinski definition) is 5. The Kier molecular flexibility index (Phi) is 9.22. The van der Waals surface area contributed by atoms with Gasteiger partial charge >= 0.3 is 0 Å². The first-order valence-electron chi connectivity index (χ1n) is 9.34. The first kappa shape index (κ1) is 22.6. The summed E-state index contributed by atoms with van der Waals surface area (Å²) in [6.45, 7) is 11.5. The van der Waals surface area contributed by atoms with Crippen LogP contribution in [0, 0.1) is 0 Å². The average Bonchev–Trinajstić information content (AvgIpc) is 2.55. The van der Waals surface area contributed by atoms with Crippen molar-refractivity contribution >= 4 is 15.7 Å². The van der Waals surface area contributed by atoms with Crippen LogP contribution in [-0.2, 0) is 10.0 Å². The van der Waals surface area contributed by atoms with Gasteiger partial charge in [0.1, 0.15) is 0 Å². The fraction of sp³-hybridized carbons (Fsp3) is 0.684. The molecule has 0 aliphatic rings. The summed E-state index contributed by atoms with van der Waals surface area (Å²) in [6.07, 6.45) is 2.74. The van der Waals surface area contributed by atoms with Gasteiger partial charge in [0.2, 0.25) is 10.0 Å². The molecule has 0 saturated carbocycles. The van der Waals surface area contributed by atoms with E-state index >= 15 is 0 Å². The van der Waals surface area contributed by atoms with Gasteiger partial charge in [-0.15, -0.1) is 0 Å². The maximum Gasteiger partial charge on any atom is 0.216 e. The minimum atomic E-state index is -3.24. The fourth-order valence-corrected chi connectivity index (χ4v) is 3.09. The number of nitrogens with one attached hydrogen (secondary N) is 2. The standard InChI is InChI=1S/C19H34N2O4S/c1-6-24-17-12-11-16(15-18(17)25-7-2)20-13-9-8-10-14-21-26(22,23)19(3,4)5/h11-12,15,20-21H,6-10,13-14H2,1-5H3. The van der Waals surface area contributed by atoms with Crippen molar-refractivity contribution in [1.29, 1.82) is 0 Å². The molecule has 7 heteroatoms. The zero-order valence-electron chi connectivity index (χ0n) is 16.7. The lowest BCUT2D eigenvalue weighted by atomic mass is 10.2. The van der Waals surface area contributed by atoms with E-state index in [1.807, 2.05) is 32.0 Å². The molecule has 0 aliphatic carbocycles. The van der Waals surface area contributed by atoms with Gasteiger partial charge in [0.25, 0.3) is 0 Å². The Balaban J connectivity index is 2.32. The van der Waals surface area contributed by atoms with Crippen molar-refractivity contribution < 1.29 is 17.9 Å². The van der Waals surface area contributed by atoms with E-state index in [2.05, 4.69) is 10.0 Å². The molecule has 0 aromatic heterocycles. The summed E-state index contributed by atoms with van der Waals surface area (Å²) in [5, 5.41) is 3.37. The Hall–Kier alpha value is -1.47. The van der Waals surface area contributed by atoms with Gasteiger partial charge in [0.15, 0.2) is 11.5 Å². The van der Waals surface area contributed by atoms with E-state index in [-0.39, 0.29) is 0 Å². The van der Waals surface area contributed by atoms with Gasteiger partial charge in [-0.3, -0.25) is 0 Å². The fourth-order valence-electron chi connectivity index (χ4n) is 2.24. The molecule has 0 fully saturated rings. The van der Waals surface area contributed by atoms with Gasteiger partial charge in [-0.25, -0.2) is 13.1 Å². The molecule has 1 aromatic carbocycles. The molecular formula is C19H34N2O4S. The highest BCUT2D eigenvalue weighted by molar-refractivity contribution is 7.90. The molecule has 0 heterocycles. The Labute approximate surface area is 158 Å². The molecule has 2 N–H and O–H groups in total. The Morgan fingerprint density at radius 3 is 2.15 bits per heavy atom. The third-order valence-electron chi connectivity index (χ3n) is 3.82. The second-order valence-electron chi connectivity index (χ2n) is 7.03. The summed E-state index contributed by atoms with van der Waals surface area (Å²) in [6, 6.07) is 5.84. The molecule has 1 aromatic rings. The predicted octanol–water partition coefficient (Wildman–Crippen LogP) is 3.78. The van der Waals surface area contributed by atoms with Crippen LogP contribution in [0.3, 0.4) is 0 Å². The molecule has 6 nitrogen and oxygen atoms in total. The van der Waals surface area contributed by atoms with Crippen molar-refractivity contribution in [3.8, 4) is 11.5 Å². The normalized spacial score (nSPS) is 12.0. The smallest absolute Gasteiger partial charge is 0.216 e. The van der Waals surface area contributed by atoms with Crippen LogP contribution in [0.25, 0.3) is 0 Å².